The Kier molecular flexibility index (Phi) is 10.3. The van der Waals surface area contributed by atoms with Crippen molar-refractivity contribution in [3.05, 3.63) is 35.4 Å². The van der Waals surface area contributed by atoms with E-state index in [1.54, 1.807) is 0 Å². The van der Waals surface area contributed by atoms with Crippen LogP contribution in [0.15, 0.2) is 24.3 Å². The highest BCUT2D eigenvalue weighted by atomic mass is 35.5. The smallest absolute Gasteiger partial charge is 0.305 e. The fraction of sp³-hybridized carbons (Fsp3) is 0.741. The molecule has 32 heavy (non-hydrogen) atoms. The lowest BCUT2D eigenvalue weighted by Gasteiger charge is -2.27. The summed E-state index contributed by atoms with van der Waals surface area (Å²) in [5.74, 6) is 0.643. The number of rotatable bonds is 11. The van der Waals surface area contributed by atoms with Crippen molar-refractivity contribution in [2.75, 3.05) is 7.11 Å². The van der Waals surface area contributed by atoms with Gasteiger partial charge in [-0.3, -0.25) is 4.79 Å². The largest absolute Gasteiger partial charge is 0.469 e. The summed E-state index contributed by atoms with van der Waals surface area (Å²) in [6.45, 7) is 0. The highest BCUT2D eigenvalue weighted by Gasteiger charge is 2.41. The van der Waals surface area contributed by atoms with Crippen molar-refractivity contribution in [2.45, 2.75) is 107 Å². The van der Waals surface area contributed by atoms with E-state index in [1.807, 2.05) is 0 Å². The van der Waals surface area contributed by atoms with E-state index in [0.717, 1.165) is 50.5 Å². The van der Waals surface area contributed by atoms with E-state index in [1.165, 1.54) is 31.9 Å². The van der Waals surface area contributed by atoms with Gasteiger partial charge in [0.25, 0.3) is 0 Å². The summed E-state index contributed by atoms with van der Waals surface area (Å²) in [6, 6.07) is 8.52. The molecule has 180 valence electrons. The first-order valence-corrected chi connectivity index (χ1v) is 13.1. The van der Waals surface area contributed by atoms with Crippen LogP contribution in [0.25, 0.3) is 0 Å². The van der Waals surface area contributed by atoms with E-state index in [9.17, 15) is 15.0 Å². The third-order valence-electron chi connectivity index (χ3n) is 7.71. The lowest BCUT2D eigenvalue weighted by molar-refractivity contribution is -0.140. The molecule has 1 unspecified atom stereocenters. The molecule has 0 saturated heterocycles. The highest BCUT2D eigenvalue weighted by Crippen LogP contribution is 2.45. The lowest BCUT2D eigenvalue weighted by atomic mass is 9.82. The zero-order valence-corrected chi connectivity index (χ0v) is 20.3. The van der Waals surface area contributed by atoms with Gasteiger partial charge in [0, 0.05) is 17.7 Å². The van der Waals surface area contributed by atoms with E-state index in [-0.39, 0.29) is 29.3 Å². The number of aliphatic hydroxyl groups excluding tert-OH is 2. The molecule has 5 atom stereocenters. The fourth-order valence-corrected chi connectivity index (χ4v) is 6.27. The lowest BCUT2D eigenvalue weighted by Crippen LogP contribution is -2.25. The number of esters is 1. The monoisotopic (exact) mass is 464 g/mol. The van der Waals surface area contributed by atoms with Crippen molar-refractivity contribution < 1.29 is 19.7 Å². The van der Waals surface area contributed by atoms with Gasteiger partial charge in [0.1, 0.15) is 0 Å². The molecule has 2 aliphatic rings. The molecule has 1 aromatic carbocycles. The van der Waals surface area contributed by atoms with Crippen LogP contribution in [-0.2, 0) is 16.0 Å². The molecule has 2 aliphatic carbocycles. The van der Waals surface area contributed by atoms with Crippen LogP contribution in [0.1, 0.15) is 94.1 Å². The van der Waals surface area contributed by atoms with Gasteiger partial charge < -0.3 is 14.9 Å². The number of carbonyl (C=O) groups excluding carboxylic acids is 1. The van der Waals surface area contributed by atoms with Crippen molar-refractivity contribution >= 4 is 17.6 Å². The zero-order valence-electron chi connectivity index (χ0n) is 19.6. The summed E-state index contributed by atoms with van der Waals surface area (Å²) in [4.78, 5) is 11.2. The molecule has 5 heteroatoms. The van der Waals surface area contributed by atoms with Gasteiger partial charge >= 0.3 is 5.97 Å². The molecule has 0 heterocycles. The molecular weight excluding hydrogens is 424 g/mol. The number of alkyl halides is 1. The quantitative estimate of drug-likeness (QED) is 0.248. The molecular formula is C27H41ClO4. The molecule has 0 amide bonds. The van der Waals surface area contributed by atoms with Crippen LogP contribution >= 0.6 is 11.6 Å². The minimum absolute atomic E-state index is 0.00197. The Morgan fingerprint density at radius 2 is 1.78 bits per heavy atom. The highest BCUT2D eigenvalue weighted by molar-refractivity contribution is 6.21. The first-order chi connectivity index (χ1) is 15.5. The number of methoxy groups -OCH3 is 1. The second kappa shape index (κ2) is 13.0. The van der Waals surface area contributed by atoms with Gasteiger partial charge in [-0.25, -0.2) is 0 Å². The first kappa shape index (κ1) is 25.5. The first-order valence-electron chi connectivity index (χ1n) is 12.7. The predicted molar refractivity (Wildman–Crippen MR) is 129 cm³/mol. The maximum Gasteiger partial charge on any atom is 0.305 e. The number of carbonyl (C=O) groups is 1. The van der Waals surface area contributed by atoms with Crippen LogP contribution in [-0.4, -0.2) is 40.9 Å². The molecule has 2 saturated carbocycles. The second-order valence-electron chi connectivity index (χ2n) is 9.95. The van der Waals surface area contributed by atoms with Crippen molar-refractivity contribution in [2.24, 2.45) is 11.8 Å². The van der Waals surface area contributed by atoms with Gasteiger partial charge in [0.05, 0.1) is 19.3 Å². The summed E-state index contributed by atoms with van der Waals surface area (Å²) in [5.41, 5.74) is 2.33. The van der Waals surface area contributed by atoms with E-state index in [2.05, 4.69) is 29.0 Å². The molecule has 2 N–H and O–H groups in total. The minimum Gasteiger partial charge on any atom is -0.469 e. The zero-order chi connectivity index (χ0) is 22.9. The van der Waals surface area contributed by atoms with Gasteiger partial charge in [-0.15, -0.1) is 11.6 Å². The van der Waals surface area contributed by atoms with Crippen LogP contribution in [0.4, 0.5) is 0 Å². The summed E-state index contributed by atoms with van der Waals surface area (Å²) >= 11 is 6.65. The number of benzene rings is 1. The van der Waals surface area contributed by atoms with E-state index >= 15 is 0 Å². The summed E-state index contributed by atoms with van der Waals surface area (Å²) < 4.78 is 4.69. The molecule has 2 fully saturated rings. The summed E-state index contributed by atoms with van der Waals surface area (Å²) in [6.07, 6.45) is 12.3. The van der Waals surface area contributed by atoms with Gasteiger partial charge in [0.15, 0.2) is 0 Å². The number of halogens is 1. The fourth-order valence-electron chi connectivity index (χ4n) is 5.80. The Balaban J connectivity index is 1.50. The number of aliphatic hydroxyl groups is 2. The molecule has 1 aromatic rings. The standard InChI is InChI=1S/C27H41ClO4/c1-32-26(31)12-8-3-2-7-11-22-23(28)18-25(30)27(22)21-15-13-19(14-16-21)17-24(29)20-9-5-4-6-10-20/h13-16,20,22-25,27,29-30H,2-12,17-18H2,1H3/t22-,23-,24?,25+,27+/m0/s1. The number of unbranched alkanes of at least 4 members (excludes halogenated alkanes) is 3. The number of ether oxygens (including phenoxy) is 1. The van der Waals surface area contributed by atoms with Crippen LogP contribution in [0.5, 0.6) is 0 Å². The Labute approximate surface area is 198 Å². The number of hydrogen-bond donors (Lipinski definition) is 2. The van der Waals surface area contributed by atoms with Gasteiger partial charge in [-0.2, -0.15) is 0 Å². The van der Waals surface area contributed by atoms with Gasteiger partial charge in [-0.1, -0.05) is 62.8 Å². The SMILES string of the molecule is COC(=O)CCCCCC[C@@H]1[C@@H](c2ccc(CC(O)C3CCCCC3)cc2)[C@H](O)C[C@@H]1Cl. The maximum atomic E-state index is 11.2. The molecule has 0 aromatic heterocycles. The van der Waals surface area contributed by atoms with Gasteiger partial charge in [0.2, 0.25) is 0 Å². The average molecular weight is 465 g/mol. The van der Waals surface area contributed by atoms with E-state index in [0.29, 0.717) is 25.2 Å². The van der Waals surface area contributed by atoms with Crippen molar-refractivity contribution in [1.82, 2.24) is 0 Å². The Hall–Kier alpha value is -1.10. The molecule has 4 nitrogen and oxygen atoms in total. The Bertz CT molecular complexity index is 685. The summed E-state index contributed by atoms with van der Waals surface area (Å²) in [7, 11) is 1.43. The average Bonchev–Trinajstić information content (AvgIpc) is 3.09. The number of hydrogen-bond acceptors (Lipinski definition) is 4. The van der Waals surface area contributed by atoms with Crippen LogP contribution in [0.3, 0.4) is 0 Å². The van der Waals surface area contributed by atoms with Crippen LogP contribution < -0.4 is 0 Å². The van der Waals surface area contributed by atoms with E-state index < -0.39 is 6.10 Å². The summed E-state index contributed by atoms with van der Waals surface area (Å²) in [5, 5.41) is 21.4. The molecule has 3 rings (SSSR count). The van der Waals surface area contributed by atoms with Gasteiger partial charge in [-0.05, 0) is 61.5 Å². The third-order valence-corrected chi connectivity index (χ3v) is 8.21. The third kappa shape index (κ3) is 7.20. The minimum atomic E-state index is -0.402. The normalized spacial score (nSPS) is 27.4. The topological polar surface area (TPSA) is 66.8 Å². The van der Waals surface area contributed by atoms with Crippen LogP contribution in [0.2, 0.25) is 0 Å². The van der Waals surface area contributed by atoms with Crippen molar-refractivity contribution in [3.63, 3.8) is 0 Å². The van der Waals surface area contributed by atoms with Crippen molar-refractivity contribution in [1.29, 1.82) is 0 Å². The molecule has 0 spiro atoms. The second-order valence-corrected chi connectivity index (χ2v) is 10.5. The van der Waals surface area contributed by atoms with E-state index in [4.69, 9.17) is 11.6 Å². The molecule has 0 aliphatic heterocycles. The predicted octanol–water partition coefficient (Wildman–Crippen LogP) is 5.76. The molecule has 0 bridgehead atoms. The van der Waals surface area contributed by atoms with Crippen molar-refractivity contribution in [3.8, 4) is 0 Å². The Morgan fingerprint density at radius 1 is 1.09 bits per heavy atom. The Morgan fingerprint density at radius 3 is 2.47 bits per heavy atom. The molecule has 0 radical (unpaired) electrons. The maximum absolute atomic E-state index is 11.2. The van der Waals surface area contributed by atoms with Crippen LogP contribution in [0, 0.1) is 11.8 Å².